The fourth-order valence-electron chi connectivity index (χ4n) is 3.59. The first kappa shape index (κ1) is 27.2. The molecule has 0 radical (unpaired) electrons. The molecular formula is C19H34Cl3N5O. The van der Waals surface area contributed by atoms with Crippen LogP contribution in [0.15, 0.2) is 18.3 Å². The van der Waals surface area contributed by atoms with Gasteiger partial charge in [0, 0.05) is 45.3 Å². The van der Waals surface area contributed by atoms with Crippen LogP contribution in [0.5, 0.6) is 0 Å². The van der Waals surface area contributed by atoms with Gasteiger partial charge in [-0.25, -0.2) is 4.98 Å². The number of halogens is 3. The topological polar surface area (TPSA) is 60.5 Å². The summed E-state index contributed by atoms with van der Waals surface area (Å²) in [5.74, 6) is 1.85. The van der Waals surface area contributed by atoms with Gasteiger partial charge in [-0.3, -0.25) is 4.79 Å². The second-order valence-electron chi connectivity index (χ2n) is 7.12. The minimum Gasteiger partial charge on any atom is -0.354 e. The van der Waals surface area contributed by atoms with E-state index in [1.54, 1.807) is 0 Å². The number of amides is 1. The van der Waals surface area contributed by atoms with Crippen LogP contribution in [0.3, 0.4) is 0 Å². The number of aromatic nitrogens is 1. The van der Waals surface area contributed by atoms with Gasteiger partial charge in [0.05, 0.1) is 0 Å². The van der Waals surface area contributed by atoms with Crippen LogP contribution in [0.2, 0.25) is 0 Å². The molecule has 1 atom stereocenters. The summed E-state index contributed by atoms with van der Waals surface area (Å²) in [6, 6.07) is 4.16. The van der Waals surface area contributed by atoms with Crippen molar-refractivity contribution in [2.24, 2.45) is 5.92 Å². The van der Waals surface area contributed by atoms with Crippen LogP contribution >= 0.6 is 37.2 Å². The molecule has 3 heterocycles. The summed E-state index contributed by atoms with van der Waals surface area (Å²) in [6.45, 7) is 10.3. The van der Waals surface area contributed by atoms with Crippen LogP contribution in [-0.4, -0.2) is 61.6 Å². The summed E-state index contributed by atoms with van der Waals surface area (Å²) < 4.78 is 0. The maximum absolute atomic E-state index is 12.0. The molecule has 2 N–H and O–H groups in total. The lowest BCUT2D eigenvalue weighted by molar-refractivity contribution is -0.121. The Morgan fingerprint density at radius 3 is 2.54 bits per heavy atom. The van der Waals surface area contributed by atoms with Crippen molar-refractivity contribution in [2.75, 3.05) is 50.7 Å². The summed E-state index contributed by atoms with van der Waals surface area (Å²) in [4.78, 5) is 21.4. The Morgan fingerprint density at radius 1 is 1.21 bits per heavy atom. The average Bonchev–Trinajstić information content (AvgIpc) is 3.19. The number of carbonyl (C=O) groups is 1. The van der Waals surface area contributed by atoms with Gasteiger partial charge in [0.15, 0.2) is 0 Å². The highest BCUT2D eigenvalue weighted by Crippen LogP contribution is 2.15. The van der Waals surface area contributed by atoms with Crippen LogP contribution in [0.4, 0.5) is 5.82 Å². The zero-order valence-electron chi connectivity index (χ0n) is 16.6. The van der Waals surface area contributed by atoms with Gasteiger partial charge in [-0.15, -0.1) is 37.2 Å². The highest BCUT2D eigenvalue weighted by Gasteiger charge is 2.17. The maximum atomic E-state index is 12.0. The summed E-state index contributed by atoms with van der Waals surface area (Å²) in [5, 5.41) is 6.36. The van der Waals surface area contributed by atoms with Crippen LogP contribution in [0.25, 0.3) is 0 Å². The highest BCUT2D eigenvalue weighted by molar-refractivity contribution is 5.86. The van der Waals surface area contributed by atoms with Crippen LogP contribution < -0.4 is 15.5 Å². The molecule has 3 rings (SSSR count). The van der Waals surface area contributed by atoms with Crippen LogP contribution in [-0.2, 0) is 11.3 Å². The van der Waals surface area contributed by atoms with Crippen LogP contribution in [0.1, 0.15) is 31.7 Å². The largest absolute Gasteiger partial charge is 0.354 e. The van der Waals surface area contributed by atoms with Crippen molar-refractivity contribution in [3.8, 4) is 0 Å². The van der Waals surface area contributed by atoms with Crippen molar-refractivity contribution < 1.29 is 4.79 Å². The molecule has 2 aliphatic rings. The zero-order valence-corrected chi connectivity index (χ0v) is 19.0. The Kier molecular flexibility index (Phi) is 13.8. The minimum absolute atomic E-state index is 0. The summed E-state index contributed by atoms with van der Waals surface area (Å²) in [5.41, 5.74) is 1.06. The third kappa shape index (κ3) is 8.29. The van der Waals surface area contributed by atoms with Gasteiger partial charge >= 0.3 is 0 Å². The Morgan fingerprint density at radius 2 is 1.96 bits per heavy atom. The van der Waals surface area contributed by atoms with Crippen LogP contribution in [0, 0.1) is 5.92 Å². The van der Waals surface area contributed by atoms with Crippen molar-refractivity contribution in [1.82, 2.24) is 20.5 Å². The highest BCUT2D eigenvalue weighted by atomic mass is 35.5. The monoisotopic (exact) mass is 453 g/mol. The lowest BCUT2D eigenvalue weighted by atomic mass is 10.0. The first-order valence-electron chi connectivity index (χ1n) is 9.64. The fraction of sp³-hybridized carbons (Fsp3) is 0.684. The van der Waals surface area contributed by atoms with E-state index in [0.29, 0.717) is 18.9 Å². The number of likely N-dealkylation sites (N-methyl/N-ethyl adjacent to an activating group) is 1. The lowest BCUT2D eigenvalue weighted by Gasteiger charge is -2.34. The molecule has 2 fully saturated rings. The van der Waals surface area contributed by atoms with E-state index >= 15 is 0 Å². The molecule has 1 aromatic heterocycles. The molecule has 0 saturated carbocycles. The van der Waals surface area contributed by atoms with Crippen molar-refractivity contribution in [2.45, 2.75) is 32.7 Å². The third-order valence-corrected chi connectivity index (χ3v) is 5.38. The second-order valence-corrected chi connectivity index (χ2v) is 7.12. The number of hydrogen-bond acceptors (Lipinski definition) is 5. The molecule has 0 aromatic carbocycles. The number of piperazine rings is 1. The molecule has 0 aliphatic carbocycles. The molecule has 1 aromatic rings. The van der Waals surface area contributed by atoms with E-state index in [9.17, 15) is 4.79 Å². The second kappa shape index (κ2) is 14.2. The quantitative estimate of drug-likeness (QED) is 0.663. The molecule has 162 valence electrons. The predicted molar refractivity (Wildman–Crippen MR) is 122 cm³/mol. The first-order valence-corrected chi connectivity index (χ1v) is 9.64. The van der Waals surface area contributed by atoms with E-state index in [1.807, 2.05) is 6.20 Å². The molecule has 2 aliphatic heterocycles. The normalized spacial score (nSPS) is 19.2. The van der Waals surface area contributed by atoms with Gasteiger partial charge in [-0.2, -0.15) is 0 Å². The van der Waals surface area contributed by atoms with E-state index < -0.39 is 0 Å². The van der Waals surface area contributed by atoms with E-state index in [1.165, 1.54) is 6.42 Å². The minimum atomic E-state index is 0. The zero-order chi connectivity index (χ0) is 17.5. The number of carbonyl (C=O) groups excluding carboxylic acids is 1. The number of nitrogens with one attached hydrogen (secondary N) is 2. The first-order chi connectivity index (χ1) is 12.2. The van der Waals surface area contributed by atoms with Gasteiger partial charge in [0.2, 0.25) is 5.91 Å². The Hall–Kier alpha value is -0.790. The Bertz CT molecular complexity index is 547. The standard InChI is InChI=1S/C19H31N5O.3ClH/c1-2-23-9-11-24(12-10-23)18-5-3-17(14-21-18)15-22-19(25)6-4-16-7-8-20-13-16;;;/h3,5,14,16,20H,2,4,6-13,15H2,1H3,(H,22,25);3*1H. The number of rotatable bonds is 7. The summed E-state index contributed by atoms with van der Waals surface area (Å²) >= 11 is 0. The van der Waals surface area contributed by atoms with Crippen molar-refractivity contribution in [3.63, 3.8) is 0 Å². The molecule has 9 heteroatoms. The lowest BCUT2D eigenvalue weighted by Crippen LogP contribution is -2.46. The Labute approximate surface area is 187 Å². The van der Waals surface area contributed by atoms with Gasteiger partial charge < -0.3 is 20.4 Å². The molecule has 0 spiro atoms. The number of anilines is 1. The number of hydrogen-bond donors (Lipinski definition) is 2. The molecule has 1 amide bonds. The van der Waals surface area contributed by atoms with Gasteiger partial charge in [-0.05, 0) is 50.0 Å². The molecule has 28 heavy (non-hydrogen) atoms. The summed E-state index contributed by atoms with van der Waals surface area (Å²) in [6.07, 6.45) is 4.70. The average molecular weight is 455 g/mol. The van der Waals surface area contributed by atoms with Crippen molar-refractivity contribution in [1.29, 1.82) is 0 Å². The maximum Gasteiger partial charge on any atom is 0.220 e. The molecular weight excluding hydrogens is 421 g/mol. The molecule has 0 bridgehead atoms. The third-order valence-electron chi connectivity index (χ3n) is 5.38. The number of nitrogens with zero attached hydrogens (tertiary/aromatic N) is 3. The molecule has 2 saturated heterocycles. The molecule has 6 nitrogen and oxygen atoms in total. The fourth-order valence-corrected chi connectivity index (χ4v) is 3.59. The van der Waals surface area contributed by atoms with Gasteiger partial charge in [0.25, 0.3) is 0 Å². The van der Waals surface area contributed by atoms with E-state index in [4.69, 9.17) is 0 Å². The Balaban J connectivity index is 0.00000243. The van der Waals surface area contributed by atoms with E-state index in [0.717, 1.165) is 63.6 Å². The van der Waals surface area contributed by atoms with E-state index in [2.05, 4.69) is 44.5 Å². The molecule has 1 unspecified atom stereocenters. The SMILES string of the molecule is CCN1CCN(c2ccc(CNC(=O)CCC3CCNC3)cn2)CC1.Cl.Cl.Cl. The summed E-state index contributed by atoms with van der Waals surface area (Å²) in [7, 11) is 0. The van der Waals surface area contributed by atoms with Gasteiger partial charge in [0.1, 0.15) is 5.82 Å². The van der Waals surface area contributed by atoms with E-state index in [-0.39, 0.29) is 43.1 Å². The number of pyridine rings is 1. The van der Waals surface area contributed by atoms with Crippen molar-refractivity contribution >= 4 is 48.9 Å². The smallest absolute Gasteiger partial charge is 0.220 e. The predicted octanol–water partition coefficient (Wildman–Crippen LogP) is 2.49. The van der Waals surface area contributed by atoms with Gasteiger partial charge in [-0.1, -0.05) is 13.0 Å². The van der Waals surface area contributed by atoms with Crippen molar-refractivity contribution in [3.05, 3.63) is 23.9 Å².